The molecule has 2 aromatic carbocycles. The number of urea groups is 1. The number of imide groups is 1. The molecule has 5 amide bonds. The fraction of sp³-hybridized carbons (Fsp3) is 0.320. The number of amides is 5. The molecule has 3 atom stereocenters. The molecule has 1 fully saturated rings. The maximum Gasteiger partial charge on any atom is 0.547 e. The number of phenolic OH excluding ortho intramolecular Hbond substituents is 2. The summed E-state index contributed by atoms with van der Waals surface area (Å²) < 4.78 is 19.3. The molecule has 2 aromatic rings. The number of aromatic hydroxyl groups is 2. The molecule has 0 radical (unpaired) electrons. The maximum absolute atomic E-state index is 14.1. The second-order valence-corrected chi connectivity index (χ2v) is 10.00. The van der Waals surface area contributed by atoms with Crippen molar-refractivity contribution < 1.29 is 58.5 Å². The van der Waals surface area contributed by atoms with E-state index in [0.29, 0.717) is 4.90 Å². The lowest BCUT2D eigenvalue weighted by Gasteiger charge is -2.38. The smallest absolute Gasteiger partial charge is 0.534 e. The second kappa shape index (κ2) is 12.3. The molecule has 1 unspecified atom stereocenters. The van der Waals surface area contributed by atoms with Crippen molar-refractivity contribution >= 4 is 48.4 Å². The van der Waals surface area contributed by atoms with Gasteiger partial charge in [0.25, 0.3) is 0 Å². The highest BCUT2D eigenvalue weighted by Crippen LogP contribution is 2.38. The van der Waals surface area contributed by atoms with Gasteiger partial charge in [0.15, 0.2) is 11.5 Å². The summed E-state index contributed by atoms with van der Waals surface area (Å²) in [5, 5.41) is 53.8. The molecule has 0 aliphatic carbocycles. The van der Waals surface area contributed by atoms with Crippen LogP contribution in [-0.4, -0.2) is 104 Å². The van der Waals surface area contributed by atoms with Crippen LogP contribution in [0.3, 0.4) is 0 Å². The second-order valence-electron chi connectivity index (χ2n) is 9.62. The maximum atomic E-state index is 14.1. The number of halogens is 2. The Morgan fingerprint density at radius 2 is 1.88 bits per heavy atom. The highest BCUT2D eigenvalue weighted by molar-refractivity contribution is 6.47. The van der Waals surface area contributed by atoms with E-state index in [-0.39, 0.29) is 30.6 Å². The minimum atomic E-state index is -1.89. The summed E-state index contributed by atoms with van der Waals surface area (Å²) in [6, 6.07) is -0.184. The standard InChI is InChI=1S/C25H25BClFN4O11/c1-2-31-8-11(9-33)32(23(38)22(31)37)25(41)30-18(12-4-6-14(34)19(35)17(12)27)21(36)29-15-7-10-3-5-13(28)16(24(39)40)20(10)43-26(15)42/h3-6,11,15,18,33-35,42H,2,7-9H2,1H3,(H,29,36)(H,30,41)(H,39,40)/t11-,15+,18?/m1/s1. The Morgan fingerprint density at radius 1 is 1.19 bits per heavy atom. The van der Waals surface area contributed by atoms with Crippen molar-refractivity contribution in [1.82, 2.24) is 20.4 Å². The molecule has 0 saturated carbocycles. The number of piperazine rings is 1. The lowest BCUT2D eigenvalue weighted by Crippen LogP contribution is -2.64. The van der Waals surface area contributed by atoms with Gasteiger partial charge in [-0.3, -0.25) is 14.4 Å². The van der Waals surface area contributed by atoms with Crippen LogP contribution in [0.5, 0.6) is 17.2 Å². The van der Waals surface area contributed by atoms with Crippen molar-refractivity contribution in [3.8, 4) is 17.2 Å². The van der Waals surface area contributed by atoms with Crippen LogP contribution in [0.2, 0.25) is 5.02 Å². The number of likely N-dealkylation sites (N-methyl/N-ethyl adjacent to an activating group) is 1. The molecule has 2 aliphatic heterocycles. The fourth-order valence-electron chi connectivity index (χ4n) is 4.79. The van der Waals surface area contributed by atoms with E-state index in [1.807, 2.05) is 0 Å². The molecule has 228 valence electrons. The van der Waals surface area contributed by atoms with Gasteiger partial charge in [-0.15, -0.1) is 0 Å². The molecular weight excluding hydrogens is 598 g/mol. The Labute approximate surface area is 247 Å². The average molecular weight is 623 g/mol. The van der Waals surface area contributed by atoms with Crippen LogP contribution in [0.15, 0.2) is 24.3 Å². The Morgan fingerprint density at radius 3 is 2.51 bits per heavy atom. The minimum Gasteiger partial charge on any atom is -0.534 e. The number of rotatable bonds is 7. The molecule has 43 heavy (non-hydrogen) atoms. The molecule has 1 saturated heterocycles. The quantitative estimate of drug-likeness (QED) is 0.119. The van der Waals surface area contributed by atoms with Crippen LogP contribution in [-0.2, 0) is 20.8 Å². The van der Waals surface area contributed by atoms with Crippen molar-refractivity contribution in [1.29, 1.82) is 0 Å². The number of fused-ring (bicyclic) bond motifs is 1. The van der Waals surface area contributed by atoms with E-state index in [9.17, 15) is 53.8 Å². The molecule has 4 rings (SSSR count). The number of aromatic carboxylic acids is 1. The van der Waals surface area contributed by atoms with Gasteiger partial charge in [0.05, 0.1) is 23.6 Å². The number of nitrogens with zero attached hydrogens (tertiary/aromatic N) is 2. The van der Waals surface area contributed by atoms with E-state index in [1.54, 1.807) is 6.92 Å². The third-order valence-corrected chi connectivity index (χ3v) is 7.41. The van der Waals surface area contributed by atoms with E-state index in [0.717, 1.165) is 23.1 Å². The van der Waals surface area contributed by atoms with E-state index < -0.39 is 95.1 Å². The monoisotopic (exact) mass is 622 g/mol. The van der Waals surface area contributed by atoms with Gasteiger partial charge in [-0.2, -0.15) is 0 Å². The number of hydrogen-bond donors (Lipinski definition) is 7. The number of phenols is 2. The van der Waals surface area contributed by atoms with E-state index in [4.69, 9.17) is 16.3 Å². The van der Waals surface area contributed by atoms with Crippen LogP contribution >= 0.6 is 11.6 Å². The first-order valence-corrected chi connectivity index (χ1v) is 13.1. The fourth-order valence-corrected chi connectivity index (χ4v) is 5.06. The zero-order chi connectivity index (χ0) is 31.7. The van der Waals surface area contributed by atoms with E-state index in [2.05, 4.69) is 10.6 Å². The number of carbonyl (C=O) groups excluding carboxylic acids is 4. The summed E-state index contributed by atoms with van der Waals surface area (Å²) >= 11 is 6.16. The zero-order valence-electron chi connectivity index (χ0n) is 22.3. The Bertz CT molecular complexity index is 1510. The van der Waals surface area contributed by atoms with Gasteiger partial charge in [0.1, 0.15) is 23.2 Å². The van der Waals surface area contributed by atoms with Crippen LogP contribution in [0.4, 0.5) is 9.18 Å². The van der Waals surface area contributed by atoms with Crippen molar-refractivity contribution in [2.75, 3.05) is 19.7 Å². The van der Waals surface area contributed by atoms with Crippen LogP contribution in [0.25, 0.3) is 0 Å². The molecule has 7 N–H and O–H groups in total. The summed E-state index contributed by atoms with van der Waals surface area (Å²) in [5.74, 6) is -9.40. The molecule has 0 spiro atoms. The van der Waals surface area contributed by atoms with Crippen LogP contribution < -0.4 is 15.3 Å². The van der Waals surface area contributed by atoms with E-state index in [1.165, 1.54) is 6.07 Å². The molecule has 0 aromatic heterocycles. The molecule has 18 heteroatoms. The van der Waals surface area contributed by atoms with Crippen molar-refractivity contribution in [3.05, 3.63) is 51.8 Å². The van der Waals surface area contributed by atoms with Crippen molar-refractivity contribution in [2.45, 2.75) is 31.4 Å². The SMILES string of the molecule is CCN1C[C@H](CO)N(C(=O)NC(C(=O)N[C@H]2Cc3ccc(F)c(C(=O)O)c3OB2O)c2ccc(O)c(O)c2Cl)C(=O)C1=O. The molecule has 2 aliphatic rings. The number of nitrogens with one attached hydrogen (secondary N) is 2. The van der Waals surface area contributed by atoms with Gasteiger partial charge in [-0.1, -0.05) is 23.7 Å². The number of aliphatic hydroxyl groups excluding tert-OH is 1. The Hall–Kier alpha value is -4.61. The highest BCUT2D eigenvalue weighted by Gasteiger charge is 2.44. The largest absolute Gasteiger partial charge is 0.547 e. The zero-order valence-corrected chi connectivity index (χ0v) is 23.0. The number of benzene rings is 2. The number of carboxylic acid groups (broad SMARTS) is 1. The highest BCUT2D eigenvalue weighted by atomic mass is 35.5. The summed E-state index contributed by atoms with van der Waals surface area (Å²) in [6.45, 7) is 0.812. The Balaban J connectivity index is 1.66. The van der Waals surface area contributed by atoms with Gasteiger partial charge >= 0.3 is 30.9 Å². The van der Waals surface area contributed by atoms with Gasteiger partial charge < -0.3 is 45.6 Å². The summed E-state index contributed by atoms with van der Waals surface area (Å²) in [6.07, 6.45) is -0.253. The molecule has 15 nitrogen and oxygen atoms in total. The first kappa shape index (κ1) is 31.3. The van der Waals surface area contributed by atoms with E-state index >= 15 is 0 Å². The normalized spacial score (nSPS) is 19.0. The number of aliphatic hydroxyl groups is 1. The van der Waals surface area contributed by atoms with Crippen LogP contribution in [0.1, 0.15) is 34.5 Å². The summed E-state index contributed by atoms with van der Waals surface area (Å²) in [5.41, 5.74) is -0.978. The predicted octanol–water partition coefficient (Wildman–Crippen LogP) is -0.470. The molecular formula is C25H25BClFN4O11. The first-order valence-electron chi connectivity index (χ1n) is 12.7. The lowest BCUT2D eigenvalue weighted by molar-refractivity contribution is -0.156. The molecule has 2 heterocycles. The number of carboxylic acids is 1. The summed E-state index contributed by atoms with van der Waals surface area (Å²) in [7, 11) is -1.89. The average Bonchev–Trinajstić information content (AvgIpc) is 2.96. The third-order valence-electron chi connectivity index (χ3n) is 7.01. The van der Waals surface area contributed by atoms with Gasteiger partial charge in [-0.05, 0) is 31.0 Å². The Kier molecular flexibility index (Phi) is 8.98. The topological polar surface area (TPSA) is 226 Å². The van der Waals surface area contributed by atoms with Gasteiger partial charge in [-0.25, -0.2) is 18.9 Å². The van der Waals surface area contributed by atoms with Crippen molar-refractivity contribution in [2.24, 2.45) is 0 Å². The lowest BCUT2D eigenvalue weighted by atomic mass is 9.72. The molecule has 0 bridgehead atoms. The third kappa shape index (κ3) is 5.86. The van der Waals surface area contributed by atoms with Gasteiger partial charge in [0, 0.05) is 18.7 Å². The predicted molar refractivity (Wildman–Crippen MR) is 144 cm³/mol. The van der Waals surface area contributed by atoms with Gasteiger partial charge in [0.2, 0.25) is 5.91 Å². The first-order chi connectivity index (χ1) is 20.3. The van der Waals surface area contributed by atoms with Crippen molar-refractivity contribution in [3.63, 3.8) is 0 Å². The minimum absolute atomic E-state index is 0.124. The number of carbonyl (C=O) groups is 5. The summed E-state index contributed by atoms with van der Waals surface area (Å²) in [4.78, 5) is 65.2. The van der Waals surface area contributed by atoms with Crippen LogP contribution in [0, 0.1) is 5.82 Å². The number of hydrogen-bond acceptors (Lipinski definition) is 10.